The van der Waals surface area contributed by atoms with E-state index in [4.69, 9.17) is 17.3 Å². The minimum absolute atomic E-state index is 0.0230. The summed E-state index contributed by atoms with van der Waals surface area (Å²) in [6.07, 6.45) is 1.63. The number of anilines is 1. The van der Waals surface area contributed by atoms with Gasteiger partial charge in [0.1, 0.15) is 0 Å². The fourth-order valence-electron chi connectivity index (χ4n) is 1.00. The fourth-order valence-corrected chi connectivity index (χ4v) is 1.46. The molecule has 1 aromatic heterocycles. The van der Waals surface area contributed by atoms with E-state index in [-0.39, 0.29) is 5.41 Å². The van der Waals surface area contributed by atoms with Crippen molar-refractivity contribution < 1.29 is 0 Å². The van der Waals surface area contributed by atoms with E-state index in [1.807, 2.05) is 0 Å². The van der Waals surface area contributed by atoms with Crippen molar-refractivity contribution in [2.45, 2.75) is 26.2 Å². The monoisotopic (exact) mass is 184 g/mol. The van der Waals surface area contributed by atoms with Gasteiger partial charge in [0.25, 0.3) is 0 Å². The lowest BCUT2D eigenvalue weighted by Gasteiger charge is -2.18. The van der Waals surface area contributed by atoms with Gasteiger partial charge in [0.15, 0.2) is 0 Å². The summed E-state index contributed by atoms with van der Waals surface area (Å²) in [5.41, 5.74) is 6.99. The van der Waals surface area contributed by atoms with Crippen LogP contribution in [0.5, 0.6) is 0 Å². The molecule has 2 nitrogen and oxygen atoms in total. The predicted molar refractivity (Wildman–Crippen MR) is 52.4 cm³/mol. The average molecular weight is 185 g/mol. The lowest BCUT2D eigenvalue weighted by molar-refractivity contribution is 0.569. The van der Waals surface area contributed by atoms with Crippen LogP contribution in [0.1, 0.15) is 26.5 Å². The number of hydrogen-bond acceptors (Lipinski definition) is 2. The van der Waals surface area contributed by atoms with Crippen molar-refractivity contribution >= 4 is 17.3 Å². The summed E-state index contributed by atoms with van der Waals surface area (Å²) in [6, 6.07) is 1.73. The Morgan fingerprint density at radius 3 is 2.42 bits per heavy atom. The molecular weight excluding hydrogens is 172 g/mol. The van der Waals surface area contributed by atoms with Crippen molar-refractivity contribution in [3.8, 4) is 0 Å². The molecule has 0 saturated carbocycles. The minimum atomic E-state index is -0.0230. The van der Waals surface area contributed by atoms with Gasteiger partial charge < -0.3 is 5.73 Å². The maximum Gasteiger partial charge on any atom is 0.0647 e. The minimum Gasteiger partial charge on any atom is -0.397 e. The molecule has 0 aromatic carbocycles. The molecule has 66 valence electrons. The number of nitrogens with zero attached hydrogens (tertiary/aromatic N) is 1. The van der Waals surface area contributed by atoms with Crippen LogP contribution >= 0.6 is 11.6 Å². The molecule has 3 heteroatoms. The standard InChI is InChI=1S/C9H13ClN2/c1-9(2,3)8-7(10)4-6(11)5-12-8/h4-5H,11H2,1-3H3. The summed E-state index contributed by atoms with van der Waals surface area (Å²) in [5.74, 6) is 0. The summed E-state index contributed by atoms with van der Waals surface area (Å²) in [5, 5.41) is 0.641. The van der Waals surface area contributed by atoms with Crippen molar-refractivity contribution in [2.24, 2.45) is 0 Å². The summed E-state index contributed by atoms with van der Waals surface area (Å²) in [4.78, 5) is 4.19. The Balaban J connectivity index is 3.19. The van der Waals surface area contributed by atoms with Gasteiger partial charge in [0.2, 0.25) is 0 Å². The van der Waals surface area contributed by atoms with Crippen molar-refractivity contribution in [1.82, 2.24) is 4.98 Å². The van der Waals surface area contributed by atoms with Crippen LogP contribution in [0.4, 0.5) is 5.69 Å². The number of halogens is 1. The van der Waals surface area contributed by atoms with E-state index in [0.29, 0.717) is 10.7 Å². The van der Waals surface area contributed by atoms with E-state index < -0.39 is 0 Å². The highest BCUT2D eigenvalue weighted by molar-refractivity contribution is 6.31. The van der Waals surface area contributed by atoms with Crippen molar-refractivity contribution in [3.63, 3.8) is 0 Å². The molecule has 2 N–H and O–H groups in total. The molecule has 12 heavy (non-hydrogen) atoms. The summed E-state index contributed by atoms with van der Waals surface area (Å²) in [6.45, 7) is 6.20. The smallest absolute Gasteiger partial charge is 0.0647 e. The molecular formula is C9H13ClN2. The van der Waals surface area contributed by atoms with E-state index in [9.17, 15) is 0 Å². The normalized spacial score (nSPS) is 11.7. The molecule has 0 radical (unpaired) electrons. The van der Waals surface area contributed by atoms with Crippen LogP contribution < -0.4 is 5.73 Å². The molecule has 1 heterocycles. The Morgan fingerprint density at radius 2 is 2.00 bits per heavy atom. The zero-order chi connectivity index (χ0) is 9.35. The van der Waals surface area contributed by atoms with Crippen LogP contribution in [0.2, 0.25) is 5.02 Å². The van der Waals surface area contributed by atoms with Gasteiger partial charge in [-0.25, -0.2) is 0 Å². The number of rotatable bonds is 0. The van der Waals surface area contributed by atoms with Gasteiger partial charge in [-0.05, 0) is 6.07 Å². The molecule has 0 amide bonds. The first-order valence-electron chi connectivity index (χ1n) is 3.83. The third-order valence-electron chi connectivity index (χ3n) is 1.57. The lowest BCUT2D eigenvalue weighted by Crippen LogP contribution is -2.14. The SMILES string of the molecule is CC(C)(C)c1ncc(N)cc1Cl. The van der Waals surface area contributed by atoms with Crippen LogP contribution in [0, 0.1) is 0 Å². The first-order valence-corrected chi connectivity index (χ1v) is 4.20. The number of pyridine rings is 1. The molecule has 0 aliphatic rings. The average Bonchev–Trinajstić information content (AvgIpc) is 1.83. The van der Waals surface area contributed by atoms with Gasteiger partial charge in [0, 0.05) is 5.41 Å². The van der Waals surface area contributed by atoms with Crippen LogP contribution in [0.15, 0.2) is 12.3 Å². The Morgan fingerprint density at radius 1 is 1.42 bits per heavy atom. The molecule has 0 bridgehead atoms. The Labute approximate surface area is 77.8 Å². The molecule has 0 aliphatic heterocycles. The number of aromatic nitrogens is 1. The van der Waals surface area contributed by atoms with Crippen LogP contribution in [-0.4, -0.2) is 4.98 Å². The first kappa shape index (κ1) is 9.33. The van der Waals surface area contributed by atoms with E-state index >= 15 is 0 Å². The van der Waals surface area contributed by atoms with Crippen molar-refractivity contribution in [3.05, 3.63) is 23.0 Å². The van der Waals surface area contributed by atoms with E-state index in [2.05, 4.69) is 25.8 Å². The number of hydrogen-bond donors (Lipinski definition) is 1. The van der Waals surface area contributed by atoms with Crippen LogP contribution in [0.25, 0.3) is 0 Å². The lowest BCUT2D eigenvalue weighted by atomic mass is 9.91. The quantitative estimate of drug-likeness (QED) is 0.673. The Kier molecular flexibility index (Phi) is 2.29. The molecule has 1 aromatic rings. The molecule has 0 saturated heterocycles. The van der Waals surface area contributed by atoms with Gasteiger partial charge in [-0.2, -0.15) is 0 Å². The van der Waals surface area contributed by atoms with Crippen LogP contribution in [-0.2, 0) is 5.41 Å². The third kappa shape index (κ3) is 1.89. The van der Waals surface area contributed by atoms with E-state index in [0.717, 1.165) is 5.69 Å². The van der Waals surface area contributed by atoms with Crippen LogP contribution in [0.3, 0.4) is 0 Å². The maximum absolute atomic E-state index is 5.97. The highest BCUT2D eigenvalue weighted by Gasteiger charge is 2.18. The highest BCUT2D eigenvalue weighted by Crippen LogP contribution is 2.28. The number of nitrogens with two attached hydrogens (primary N) is 1. The Hall–Kier alpha value is -0.760. The topological polar surface area (TPSA) is 38.9 Å². The fraction of sp³-hybridized carbons (Fsp3) is 0.444. The summed E-state index contributed by atoms with van der Waals surface area (Å²) in [7, 11) is 0. The molecule has 0 aliphatic carbocycles. The summed E-state index contributed by atoms with van der Waals surface area (Å²) < 4.78 is 0. The number of nitrogen functional groups attached to an aromatic ring is 1. The zero-order valence-corrected chi connectivity index (χ0v) is 8.31. The molecule has 0 unspecified atom stereocenters. The molecule has 1 rings (SSSR count). The van der Waals surface area contributed by atoms with Gasteiger partial charge >= 0.3 is 0 Å². The third-order valence-corrected chi connectivity index (χ3v) is 1.86. The highest BCUT2D eigenvalue weighted by atomic mass is 35.5. The summed E-state index contributed by atoms with van der Waals surface area (Å²) >= 11 is 5.97. The molecule has 0 spiro atoms. The largest absolute Gasteiger partial charge is 0.397 e. The second-order valence-corrected chi connectivity index (χ2v) is 4.26. The molecule has 0 atom stereocenters. The second kappa shape index (κ2) is 2.94. The second-order valence-electron chi connectivity index (χ2n) is 3.85. The molecule has 0 fully saturated rings. The van der Waals surface area contributed by atoms with Crippen molar-refractivity contribution in [1.29, 1.82) is 0 Å². The maximum atomic E-state index is 5.97. The van der Waals surface area contributed by atoms with Crippen molar-refractivity contribution in [2.75, 3.05) is 5.73 Å². The van der Waals surface area contributed by atoms with Gasteiger partial charge in [-0.3, -0.25) is 4.98 Å². The van der Waals surface area contributed by atoms with E-state index in [1.54, 1.807) is 12.3 Å². The van der Waals surface area contributed by atoms with Gasteiger partial charge in [-0.15, -0.1) is 0 Å². The van der Waals surface area contributed by atoms with Gasteiger partial charge in [0.05, 0.1) is 22.6 Å². The Bertz CT molecular complexity index is 289. The first-order chi connectivity index (χ1) is 5.41. The van der Waals surface area contributed by atoms with Gasteiger partial charge in [-0.1, -0.05) is 32.4 Å². The predicted octanol–water partition coefficient (Wildman–Crippen LogP) is 2.61. The van der Waals surface area contributed by atoms with E-state index in [1.165, 1.54) is 0 Å². The zero-order valence-electron chi connectivity index (χ0n) is 7.56.